The van der Waals surface area contributed by atoms with Gasteiger partial charge in [0.25, 0.3) is 0 Å². The van der Waals surface area contributed by atoms with Gasteiger partial charge >= 0.3 is 0 Å². The second kappa shape index (κ2) is 7.19. The molecule has 0 aliphatic heterocycles. The van der Waals surface area contributed by atoms with Crippen molar-refractivity contribution < 1.29 is 0 Å². The van der Waals surface area contributed by atoms with Crippen molar-refractivity contribution in [1.82, 2.24) is 15.0 Å². The maximum Gasteiger partial charge on any atom is 0.132 e. The summed E-state index contributed by atoms with van der Waals surface area (Å²) in [5, 5.41) is 6.51. The molecule has 0 saturated carbocycles. The van der Waals surface area contributed by atoms with Gasteiger partial charge in [0.15, 0.2) is 0 Å². The van der Waals surface area contributed by atoms with Gasteiger partial charge < -0.3 is 5.32 Å². The van der Waals surface area contributed by atoms with Crippen LogP contribution in [0.25, 0.3) is 0 Å². The molecule has 0 fully saturated rings. The molecule has 0 saturated heterocycles. The Morgan fingerprint density at radius 1 is 1.16 bits per heavy atom. The summed E-state index contributed by atoms with van der Waals surface area (Å²) in [6.07, 6.45) is 7.50. The van der Waals surface area contributed by atoms with Crippen molar-refractivity contribution in [3.05, 3.63) is 34.2 Å². The van der Waals surface area contributed by atoms with E-state index in [0.717, 1.165) is 48.7 Å². The quantitative estimate of drug-likeness (QED) is 0.843. The molecule has 4 nitrogen and oxygen atoms in total. The van der Waals surface area contributed by atoms with Crippen molar-refractivity contribution in [2.75, 3.05) is 11.9 Å². The van der Waals surface area contributed by atoms with Crippen LogP contribution in [0.2, 0.25) is 0 Å². The molecule has 5 heteroatoms. The van der Waals surface area contributed by atoms with Gasteiger partial charge in [-0.05, 0) is 12.8 Å². The minimum atomic E-state index is 0.802. The lowest BCUT2D eigenvalue weighted by Crippen LogP contribution is -2.09. The number of thiazole rings is 1. The Hall–Kier alpha value is -1.49. The SMILES string of the molecule is CCCNc1ncnc(Cc2nccs2)c1CCC. The molecule has 0 unspecified atom stereocenters. The fraction of sp³-hybridized carbons (Fsp3) is 0.500. The molecule has 102 valence electrons. The Balaban J connectivity index is 2.25. The maximum absolute atomic E-state index is 4.46. The zero-order valence-electron chi connectivity index (χ0n) is 11.5. The first kappa shape index (κ1) is 13.9. The van der Waals surface area contributed by atoms with E-state index in [1.165, 1.54) is 5.56 Å². The second-order valence-corrected chi connectivity index (χ2v) is 5.41. The highest BCUT2D eigenvalue weighted by Gasteiger charge is 2.11. The first-order valence-corrected chi connectivity index (χ1v) is 7.68. The molecule has 2 aromatic heterocycles. The largest absolute Gasteiger partial charge is 0.370 e. The molecule has 2 rings (SSSR count). The van der Waals surface area contributed by atoms with Crippen LogP contribution >= 0.6 is 11.3 Å². The van der Waals surface area contributed by atoms with Crippen molar-refractivity contribution in [2.45, 2.75) is 39.5 Å². The highest BCUT2D eigenvalue weighted by Crippen LogP contribution is 2.21. The van der Waals surface area contributed by atoms with E-state index in [4.69, 9.17) is 0 Å². The Kier molecular flexibility index (Phi) is 5.27. The van der Waals surface area contributed by atoms with Crippen molar-refractivity contribution in [2.24, 2.45) is 0 Å². The molecular formula is C14H20N4S. The van der Waals surface area contributed by atoms with Gasteiger partial charge in [0.05, 0.1) is 10.7 Å². The number of anilines is 1. The number of aromatic nitrogens is 3. The lowest BCUT2D eigenvalue weighted by molar-refractivity contribution is 0.857. The fourth-order valence-electron chi connectivity index (χ4n) is 1.99. The van der Waals surface area contributed by atoms with Gasteiger partial charge in [0.2, 0.25) is 0 Å². The number of rotatable bonds is 7. The van der Waals surface area contributed by atoms with E-state index < -0.39 is 0 Å². The molecule has 0 aliphatic rings. The summed E-state index contributed by atoms with van der Waals surface area (Å²) in [6.45, 7) is 5.29. The summed E-state index contributed by atoms with van der Waals surface area (Å²) >= 11 is 1.68. The van der Waals surface area contributed by atoms with Crippen LogP contribution in [0.3, 0.4) is 0 Å². The summed E-state index contributed by atoms with van der Waals surface area (Å²) in [5.74, 6) is 0.991. The van der Waals surface area contributed by atoms with Crippen molar-refractivity contribution in [3.8, 4) is 0 Å². The lowest BCUT2D eigenvalue weighted by Gasteiger charge is -2.13. The minimum Gasteiger partial charge on any atom is -0.370 e. The van der Waals surface area contributed by atoms with Crippen LogP contribution in [0.4, 0.5) is 5.82 Å². The molecule has 0 bridgehead atoms. The van der Waals surface area contributed by atoms with Crippen LogP contribution in [0.5, 0.6) is 0 Å². The van der Waals surface area contributed by atoms with Crippen LogP contribution in [-0.4, -0.2) is 21.5 Å². The van der Waals surface area contributed by atoms with Gasteiger partial charge in [-0.15, -0.1) is 11.3 Å². The molecule has 2 heterocycles. The molecule has 1 N–H and O–H groups in total. The second-order valence-electron chi connectivity index (χ2n) is 4.43. The smallest absolute Gasteiger partial charge is 0.132 e. The fourth-order valence-corrected chi connectivity index (χ4v) is 2.61. The van der Waals surface area contributed by atoms with E-state index in [1.807, 2.05) is 11.6 Å². The van der Waals surface area contributed by atoms with Crippen LogP contribution in [-0.2, 0) is 12.8 Å². The van der Waals surface area contributed by atoms with Crippen molar-refractivity contribution in [3.63, 3.8) is 0 Å². The predicted molar refractivity (Wildman–Crippen MR) is 79.7 cm³/mol. The summed E-state index contributed by atoms with van der Waals surface area (Å²) < 4.78 is 0. The third kappa shape index (κ3) is 3.73. The third-order valence-corrected chi connectivity index (χ3v) is 3.66. The first-order valence-electron chi connectivity index (χ1n) is 6.80. The molecule has 19 heavy (non-hydrogen) atoms. The van der Waals surface area contributed by atoms with Gasteiger partial charge in [-0.1, -0.05) is 20.3 Å². The molecule has 0 aliphatic carbocycles. The van der Waals surface area contributed by atoms with Crippen molar-refractivity contribution >= 4 is 17.2 Å². The summed E-state index contributed by atoms with van der Waals surface area (Å²) in [6, 6.07) is 0. The summed E-state index contributed by atoms with van der Waals surface area (Å²) in [7, 11) is 0. The van der Waals surface area contributed by atoms with Crippen molar-refractivity contribution in [1.29, 1.82) is 0 Å². The van der Waals surface area contributed by atoms with Gasteiger partial charge in [0, 0.05) is 30.1 Å². The average molecular weight is 276 g/mol. The predicted octanol–water partition coefficient (Wildman–Crippen LogP) is 3.30. The Labute approximate surface area is 118 Å². The molecule has 0 atom stereocenters. The van der Waals surface area contributed by atoms with E-state index in [2.05, 4.69) is 34.1 Å². The third-order valence-electron chi connectivity index (χ3n) is 2.88. The molecule has 0 aromatic carbocycles. The number of nitrogens with one attached hydrogen (secondary N) is 1. The van der Waals surface area contributed by atoms with E-state index in [0.29, 0.717) is 0 Å². The zero-order chi connectivity index (χ0) is 13.5. The minimum absolute atomic E-state index is 0.802. The Morgan fingerprint density at radius 3 is 2.74 bits per heavy atom. The maximum atomic E-state index is 4.46. The lowest BCUT2D eigenvalue weighted by atomic mass is 10.1. The van der Waals surface area contributed by atoms with E-state index in [9.17, 15) is 0 Å². The topological polar surface area (TPSA) is 50.7 Å². The average Bonchev–Trinajstić information content (AvgIpc) is 2.92. The highest BCUT2D eigenvalue weighted by atomic mass is 32.1. The number of hydrogen-bond donors (Lipinski definition) is 1. The van der Waals surface area contributed by atoms with Gasteiger partial charge in [0.1, 0.15) is 12.1 Å². The molecule has 0 spiro atoms. The molecule has 2 aromatic rings. The van der Waals surface area contributed by atoms with Gasteiger partial charge in [-0.3, -0.25) is 0 Å². The van der Waals surface area contributed by atoms with Crippen LogP contribution in [0, 0.1) is 0 Å². The van der Waals surface area contributed by atoms with Gasteiger partial charge in [-0.2, -0.15) is 0 Å². The molecular weight excluding hydrogens is 256 g/mol. The normalized spacial score (nSPS) is 10.6. The van der Waals surface area contributed by atoms with E-state index in [1.54, 1.807) is 17.7 Å². The Bertz CT molecular complexity index is 496. The number of hydrogen-bond acceptors (Lipinski definition) is 5. The summed E-state index contributed by atoms with van der Waals surface area (Å²) in [4.78, 5) is 13.2. The number of nitrogens with zero attached hydrogens (tertiary/aromatic N) is 3. The Morgan fingerprint density at radius 2 is 2.05 bits per heavy atom. The highest BCUT2D eigenvalue weighted by molar-refractivity contribution is 7.09. The van der Waals surface area contributed by atoms with Crippen LogP contribution in [0.1, 0.15) is 43.0 Å². The first-order chi connectivity index (χ1) is 9.35. The van der Waals surface area contributed by atoms with Gasteiger partial charge in [-0.25, -0.2) is 15.0 Å². The van der Waals surface area contributed by atoms with E-state index in [-0.39, 0.29) is 0 Å². The van der Waals surface area contributed by atoms with E-state index >= 15 is 0 Å². The molecule has 0 amide bonds. The standard InChI is InChI=1S/C14H20N4S/c1-3-5-11-12(9-13-15-7-8-19-13)17-10-18-14(11)16-6-4-2/h7-8,10H,3-6,9H2,1-2H3,(H,16,17,18). The van der Waals surface area contributed by atoms with Crippen LogP contribution < -0.4 is 5.32 Å². The summed E-state index contributed by atoms with van der Waals surface area (Å²) in [5.41, 5.74) is 2.35. The molecule has 0 radical (unpaired) electrons. The monoisotopic (exact) mass is 276 g/mol. The van der Waals surface area contributed by atoms with Crippen LogP contribution in [0.15, 0.2) is 17.9 Å². The zero-order valence-corrected chi connectivity index (χ0v) is 12.3.